The van der Waals surface area contributed by atoms with Crippen LogP contribution in [0.1, 0.15) is 132 Å². The van der Waals surface area contributed by atoms with Gasteiger partial charge in [0.1, 0.15) is 0 Å². The van der Waals surface area contributed by atoms with E-state index in [0.717, 1.165) is 19.4 Å². The van der Waals surface area contributed by atoms with Crippen LogP contribution in [0.4, 0.5) is 0 Å². The van der Waals surface area contributed by atoms with E-state index in [9.17, 15) is 0 Å². The lowest BCUT2D eigenvalue weighted by Gasteiger charge is -2.41. The van der Waals surface area contributed by atoms with Crippen molar-refractivity contribution in [1.29, 1.82) is 0 Å². The van der Waals surface area contributed by atoms with Crippen LogP contribution in [0.3, 0.4) is 0 Å². The molecule has 0 aromatic carbocycles. The Kier molecular flexibility index (Phi) is 13.6. The molecule has 0 aromatic heterocycles. The molecule has 0 amide bonds. The zero-order chi connectivity index (χ0) is 24.3. The van der Waals surface area contributed by atoms with Gasteiger partial charge in [-0.05, 0) is 70.5 Å². The molecule has 0 saturated carbocycles. The Labute approximate surface area is 202 Å². The van der Waals surface area contributed by atoms with Crippen molar-refractivity contribution in [3.8, 4) is 0 Å². The highest BCUT2D eigenvalue weighted by Gasteiger charge is 2.42. The molecular formula is C28H58O3Si. The lowest BCUT2D eigenvalue weighted by atomic mass is 10.0. The third-order valence-electron chi connectivity index (χ3n) is 7.91. The average molecular weight is 471 g/mol. The van der Waals surface area contributed by atoms with Crippen molar-refractivity contribution in [1.82, 2.24) is 0 Å². The largest absolute Gasteiger partial charge is 0.411 e. The van der Waals surface area contributed by atoms with E-state index in [0.29, 0.717) is 18.3 Å². The fourth-order valence-corrected chi connectivity index (χ4v) is 5.51. The Morgan fingerprint density at radius 2 is 1.50 bits per heavy atom. The van der Waals surface area contributed by atoms with Crippen molar-refractivity contribution in [3.05, 3.63) is 0 Å². The van der Waals surface area contributed by atoms with Crippen LogP contribution in [0.5, 0.6) is 0 Å². The fourth-order valence-electron chi connectivity index (χ4n) is 4.13. The van der Waals surface area contributed by atoms with Crippen LogP contribution >= 0.6 is 0 Å². The maximum atomic E-state index is 6.86. The summed E-state index contributed by atoms with van der Waals surface area (Å²) in [5.74, 6) is 0. The topological polar surface area (TPSA) is 27.7 Å². The first-order valence-electron chi connectivity index (χ1n) is 13.9. The Morgan fingerprint density at radius 1 is 0.875 bits per heavy atom. The minimum absolute atomic E-state index is 0.0460. The maximum absolute atomic E-state index is 6.86. The molecule has 0 aromatic rings. The van der Waals surface area contributed by atoms with E-state index in [-0.39, 0.29) is 10.6 Å². The number of hydrogen-bond acceptors (Lipinski definition) is 3. The quantitative estimate of drug-likeness (QED) is 0.157. The first-order chi connectivity index (χ1) is 14.9. The van der Waals surface area contributed by atoms with E-state index >= 15 is 0 Å². The van der Waals surface area contributed by atoms with Crippen LogP contribution < -0.4 is 0 Å². The molecule has 1 saturated heterocycles. The molecule has 1 heterocycles. The second kappa shape index (κ2) is 14.5. The SMILES string of the molecule is CCCC[C@H](O[Si](C)(C)C(C)(C)C)[C@@H]1CC[C@@H](CCCCCCCCOC(C)(C)CC)O1. The number of hydrogen-bond donors (Lipinski definition) is 0. The molecule has 0 N–H and O–H groups in total. The third kappa shape index (κ3) is 11.5. The van der Waals surface area contributed by atoms with E-state index in [1.807, 2.05) is 0 Å². The number of ether oxygens (including phenoxy) is 2. The zero-order valence-electron chi connectivity index (χ0n) is 23.4. The van der Waals surface area contributed by atoms with Crippen LogP contribution in [-0.2, 0) is 13.9 Å². The smallest absolute Gasteiger partial charge is 0.192 e. The van der Waals surface area contributed by atoms with Crippen molar-refractivity contribution in [2.24, 2.45) is 0 Å². The molecule has 1 aliphatic rings. The van der Waals surface area contributed by atoms with Crippen LogP contribution in [0.25, 0.3) is 0 Å². The van der Waals surface area contributed by atoms with Gasteiger partial charge in [-0.15, -0.1) is 0 Å². The molecule has 3 atom stereocenters. The van der Waals surface area contributed by atoms with Crippen molar-refractivity contribution in [3.63, 3.8) is 0 Å². The molecule has 0 bridgehead atoms. The summed E-state index contributed by atoms with van der Waals surface area (Å²) in [6.45, 7) is 21.6. The Morgan fingerprint density at radius 3 is 2.09 bits per heavy atom. The summed E-state index contributed by atoms with van der Waals surface area (Å²) in [5.41, 5.74) is 0.0460. The Bertz CT molecular complexity index is 484. The standard InChI is InChI=1S/C28H58O3Si/c1-10-12-20-26(31-32(8,9)27(3,4)5)25-22-21-24(30-25)19-17-15-13-14-16-18-23-29-28(6,7)11-2/h24-26H,10-23H2,1-9H3/t24-,25+,26+/m1/s1. The molecule has 32 heavy (non-hydrogen) atoms. The molecule has 0 unspecified atom stereocenters. The van der Waals surface area contributed by atoms with Gasteiger partial charge in [-0.2, -0.15) is 0 Å². The molecule has 0 aliphatic carbocycles. The Balaban J connectivity index is 2.26. The van der Waals surface area contributed by atoms with Gasteiger partial charge in [-0.25, -0.2) is 0 Å². The summed E-state index contributed by atoms with van der Waals surface area (Å²) in [6, 6.07) is 0. The van der Waals surface area contributed by atoms with Gasteiger partial charge < -0.3 is 13.9 Å². The van der Waals surface area contributed by atoms with Crippen LogP contribution in [-0.4, -0.2) is 38.8 Å². The zero-order valence-corrected chi connectivity index (χ0v) is 24.4. The van der Waals surface area contributed by atoms with Crippen molar-refractivity contribution in [2.75, 3.05) is 6.61 Å². The van der Waals surface area contributed by atoms with Crippen molar-refractivity contribution >= 4 is 8.32 Å². The van der Waals surface area contributed by atoms with Crippen LogP contribution in [0.2, 0.25) is 18.1 Å². The van der Waals surface area contributed by atoms with Crippen molar-refractivity contribution < 1.29 is 13.9 Å². The lowest BCUT2D eigenvalue weighted by Crippen LogP contribution is -2.47. The molecule has 1 aliphatic heterocycles. The predicted octanol–water partition coefficient (Wildman–Crippen LogP) is 9.05. The van der Waals surface area contributed by atoms with Gasteiger partial charge in [0.2, 0.25) is 0 Å². The second-order valence-corrected chi connectivity index (χ2v) is 17.1. The molecule has 3 nitrogen and oxygen atoms in total. The molecule has 4 heteroatoms. The number of rotatable bonds is 17. The maximum Gasteiger partial charge on any atom is 0.192 e. The summed E-state index contributed by atoms with van der Waals surface area (Å²) in [4.78, 5) is 0. The highest BCUT2D eigenvalue weighted by atomic mass is 28.4. The predicted molar refractivity (Wildman–Crippen MR) is 142 cm³/mol. The third-order valence-corrected chi connectivity index (χ3v) is 12.4. The highest BCUT2D eigenvalue weighted by molar-refractivity contribution is 6.74. The van der Waals surface area contributed by atoms with Crippen molar-refractivity contribution in [2.45, 2.75) is 174 Å². The molecule has 0 spiro atoms. The van der Waals surface area contributed by atoms with Gasteiger partial charge in [0.25, 0.3) is 0 Å². The molecule has 0 radical (unpaired) electrons. The van der Waals surface area contributed by atoms with E-state index < -0.39 is 8.32 Å². The summed E-state index contributed by atoms with van der Waals surface area (Å²) in [6.07, 6.45) is 17.2. The van der Waals surface area contributed by atoms with E-state index in [1.54, 1.807) is 0 Å². The van der Waals surface area contributed by atoms with Gasteiger partial charge in [0.05, 0.1) is 23.9 Å². The first-order valence-corrected chi connectivity index (χ1v) is 16.8. The van der Waals surface area contributed by atoms with Gasteiger partial charge in [0.15, 0.2) is 8.32 Å². The molecule has 1 fully saturated rings. The average Bonchev–Trinajstić information content (AvgIpc) is 3.17. The molecule has 1 rings (SSSR count). The monoisotopic (exact) mass is 470 g/mol. The van der Waals surface area contributed by atoms with E-state index in [2.05, 4.69) is 61.6 Å². The van der Waals surface area contributed by atoms with Crippen LogP contribution in [0, 0.1) is 0 Å². The van der Waals surface area contributed by atoms with E-state index in [1.165, 1.54) is 70.6 Å². The summed E-state index contributed by atoms with van der Waals surface area (Å²) in [5, 5.41) is 0.258. The summed E-state index contributed by atoms with van der Waals surface area (Å²) >= 11 is 0. The summed E-state index contributed by atoms with van der Waals surface area (Å²) < 4.78 is 19.4. The summed E-state index contributed by atoms with van der Waals surface area (Å²) in [7, 11) is -1.76. The lowest BCUT2D eigenvalue weighted by molar-refractivity contribution is -0.0345. The second-order valence-electron chi connectivity index (χ2n) is 12.3. The van der Waals surface area contributed by atoms with Gasteiger partial charge in [0, 0.05) is 6.61 Å². The van der Waals surface area contributed by atoms with Crippen LogP contribution in [0.15, 0.2) is 0 Å². The number of unbranched alkanes of at least 4 members (excludes halogenated alkanes) is 6. The minimum Gasteiger partial charge on any atom is -0.411 e. The van der Waals surface area contributed by atoms with Gasteiger partial charge >= 0.3 is 0 Å². The highest BCUT2D eigenvalue weighted by Crippen LogP contribution is 2.40. The van der Waals surface area contributed by atoms with E-state index in [4.69, 9.17) is 13.9 Å². The Hall–Kier alpha value is 0.0969. The fraction of sp³-hybridized carbons (Fsp3) is 1.00. The minimum atomic E-state index is -1.76. The molecular weight excluding hydrogens is 412 g/mol. The van der Waals surface area contributed by atoms with Gasteiger partial charge in [-0.1, -0.05) is 79.6 Å². The normalized spacial score (nSPS) is 21.3. The first kappa shape index (κ1) is 30.1. The van der Waals surface area contributed by atoms with Gasteiger partial charge in [-0.3, -0.25) is 0 Å². The molecule has 192 valence electrons.